The molecule has 0 unspecified atom stereocenters. The monoisotopic (exact) mass is 433 g/mol. The van der Waals surface area contributed by atoms with Crippen LogP contribution in [0.25, 0.3) is 11.0 Å². The lowest BCUT2D eigenvalue weighted by molar-refractivity contribution is 0.0904. The van der Waals surface area contributed by atoms with Crippen molar-refractivity contribution in [1.82, 2.24) is 25.1 Å². The Hall–Kier alpha value is -3.51. The molecule has 0 spiro atoms. The molecule has 3 aromatic rings. The highest BCUT2D eigenvalue weighted by atomic mass is 16.5. The highest BCUT2D eigenvalue weighted by Crippen LogP contribution is 2.31. The van der Waals surface area contributed by atoms with E-state index in [0.717, 1.165) is 67.0 Å². The summed E-state index contributed by atoms with van der Waals surface area (Å²) in [5.41, 5.74) is 4.42. The summed E-state index contributed by atoms with van der Waals surface area (Å²) in [5.74, 6) is -0.245. The maximum absolute atomic E-state index is 12.7. The van der Waals surface area contributed by atoms with Gasteiger partial charge in [0.1, 0.15) is 11.8 Å². The molecule has 0 saturated carbocycles. The lowest BCUT2D eigenvalue weighted by Gasteiger charge is -2.26. The molecule has 1 amide bonds. The summed E-state index contributed by atoms with van der Waals surface area (Å²) in [6.45, 7) is 6.64. The largest absolute Gasteiger partial charge is 0.381 e. The molecule has 9 heteroatoms. The van der Waals surface area contributed by atoms with E-state index in [2.05, 4.69) is 27.6 Å². The van der Waals surface area contributed by atoms with Gasteiger partial charge in [-0.25, -0.2) is 14.6 Å². The van der Waals surface area contributed by atoms with Crippen LogP contribution in [-0.2, 0) is 24.2 Å². The first-order valence-corrected chi connectivity index (χ1v) is 11.0. The number of carbonyl (C=O) groups is 1. The topological polar surface area (TPSA) is 118 Å². The van der Waals surface area contributed by atoms with Crippen LogP contribution in [0.15, 0.2) is 24.5 Å². The summed E-state index contributed by atoms with van der Waals surface area (Å²) in [6, 6.07) is 5.40. The zero-order chi connectivity index (χ0) is 22.5. The molecule has 166 valence electrons. The number of amides is 1. The van der Waals surface area contributed by atoms with E-state index < -0.39 is 0 Å². The molecule has 1 saturated heterocycles. The van der Waals surface area contributed by atoms with Crippen molar-refractivity contribution in [2.75, 3.05) is 18.5 Å². The Labute approximate surface area is 186 Å². The molecule has 4 rings (SSSR count). The maximum atomic E-state index is 12.7. The third-order valence-electron chi connectivity index (χ3n) is 5.74. The van der Waals surface area contributed by atoms with Crippen LogP contribution in [0.5, 0.6) is 0 Å². The van der Waals surface area contributed by atoms with Gasteiger partial charge in [-0.3, -0.25) is 4.79 Å². The number of pyridine rings is 2. The van der Waals surface area contributed by atoms with Gasteiger partial charge in [-0.2, -0.15) is 10.4 Å². The number of carbonyl (C=O) groups excluding carboxylic acids is 1. The number of aryl methyl sites for hydroxylation is 2. The smallest absolute Gasteiger partial charge is 0.253 e. The van der Waals surface area contributed by atoms with E-state index in [1.54, 1.807) is 6.07 Å². The van der Waals surface area contributed by atoms with Gasteiger partial charge in [0.2, 0.25) is 0 Å². The second kappa shape index (κ2) is 9.75. The Bertz CT molecular complexity index is 1140. The Morgan fingerprint density at radius 1 is 1.28 bits per heavy atom. The van der Waals surface area contributed by atoms with Crippen molar-refractivity contribution >= 4 is 22.6 Å². The number of nitrogens with one attached hydrogen (secondary N) is 2. The first-order chi connectivity index (χ1) is 15.6. The van der Waals surface area contributed by atoms with Crippen molar-refractivity contribution in [3.05, 3.63) is 47.0 Å². The van der Waals surface area contributed by atoms with Crippen molar-refractivity contribution in [3.8, 4) is 6.07 Å². The molecule has 1 fully saturated rings. The fourth-order valence-electron chi connectivity index (χ4n) is 3.97. The Balaban J connectivity index is 1.67. The molecule has 0 bridgehead atoms. The number of nitrogens with zero attached hydrogens (tertiary/aromatic N) is 5. The number of anilines is 1. The molecule has 0 aliphatic carbocycles. The average molecular weight is 434 g/mol. The quantitative estimate of drug-likeness (QED) is 0.588. The van der Waals surface area contributed by atoms with Gasteiger partial charge < -0.3 is 15.4 Å². The first kappa shape index (κ1) is 21.7. The van der Waals surface area contributed by atoms with Crippen molar-refractivity contribution in [2.45, 2.75) is 52.2 Å². The molecule has 9 nitrogen and oxygen atoms in total. The third-order valence-corrected chi connectivity index (χ3v) is 5.74. The first-order valence-electron chi connectivity index (χ1n) is 11.0. The van der Waals surface area contributed by atoms with E-state index >= 15 is 0 Å². The SMILES string of the molecule is CCc1nc2c(cnn2CC)c(NC2CCOCC2)c1CNC(=O)c1ccc(C#N)nc1. The minimum Gasteiger partial charge on any atom is -0.381 e. The van der Waals surface area contributed by atoms with Crippen LogP contribution < -0.4 is 10.6 Å². The molecule has 4 heterocycles. The molecule has 0 radical (unpaired) electrons. The van der Waals surface area contributed by atoms with Gasteiger partial charge in [0, 0.05) is 49.8 Å². The van der Waals surface area contributed by atoms with Crippen LogP contribution in [0.4, 0.5) is 5.69 Å². The molecule has 1 aliphatic heterocycles. The number of ether oxygens (including phenoxy) is 1. The molecule has 3 aromatic heterocycles. The normalized spacial score (nSPS) is 14.3. The number of hydrogen-bond acceptors (Lipinski definition) is 7. The molecular weight excluding hydrogens is 406 g/mol. The zero-order valence-electron chi connectivity index (χ0n) is 18.4. The fourth-order valence-corrected chi connectivity index (χ4v) is 3.97. The molecule has 0 aromatic carbocycles. The van der Waals surface area contributed by atoms with Crippen molar-refractivity contribution < 1.29 is 9.53 Å². The van der Waals surface area contributed by atoms with Crippen molar-refractivity contribution in [2.24, 2.45) is 0 Å². The molecule has 1 aliphatic rings. The van der Waals surface area contributed by atoms with Crippen LogP contribution in [-0.4, -0.2) is 44.9 Å². The predicted octanol–water partition coefficient (Wildman–Crippen LogP) is 2.80. The summed E-state index contributed by atoms with van der Waals surface area (Å²) >= 11 is 0. The number of hydrogen-bond donors (Lipinski definition) is 2. The highest BCUT2D eigenvalue weighted by Gasteiger charge is 2.22. The van der Waals surface area contributed by atoms with Gasteiger partial charge >= 0.3 is 0 Å². The van der Waals surface area contributed by atoms with E-state index in [-0.39, 0.29) is 11.6 Å². The van der Waals surface area contributed by atoms with Gasteiger partial charge in [-0.05, 0) is 38.3 Å². The standard InChI is InChI=1S/C23H27N7O2/c1-3-20-18(13-26-23(31)15-5-6-17(11-24)25-12-15)21(28-16-7-9-32-10-8-16)19-14-27-30(4-2)22(19)29-20/h5-6,12,14,16H,3-4,7-10,13H2,1-2H3,(H,26,31)(H,28,29). The highest BCUT2D eigenvalue weighted by molar-refractivity contribution is 5.95. The van der Waals surface area contributed by atoms with Crippen molar-refractivity contribution in [3.63, 3.8) is 0 Å². The van der Waals surface area contributed by atoms with Gasteiger partial charge in [-0.1, -0.05) is 6.92 Å². The minimum absolute atomic E-state index is 0.245. The van der Waals surface area contributed by atoms with Gasteiger partial charge in [0.15, 0.2) is 5.65 Å². The predicted molar refractivity (Wildman–Crippen MR) is 120 cm³/mol. The number of fused-ring (bicyclic) bond motifs is 1. The van der Waals surface area contributed by atoms with Gasteiger partial charge in [0.25, 0.3) is 5.91 Å². The Kier molecular flexibility index (Phi) is 6.61. The molecule has 32 heavy (non-hydrogen) atoms. The van der Waals surface area contributed by atoms with Crippen LogP contribution in [0.3, 0.4) is 0 Å². The lowest BCUT2D eigenvalue weighted by atomic mass is 10.0. The second-order valence-electron chi connectivity index (χ2n) is 7.72. The number of nitriles is 1. The minimum atomic E-state index is -0.245. The van der Waals surface area contributed by atoms with Crippen LogP contribution in [0.2, 0.25) is 0 Å². The van der Waals surface area contributed by atoms with E-state index in [1.165, 1.54) is 12.3 Å². The molecular formula is C23H27N7O2. The third kappa shape index (κ3) is 4.41. The van der Waals surface area contributed by atoms with E-state index in [4.69, 9.17) is 15.0 Å². The Morgan fingerprint density at radius 3 is 2.75 bits per heavy atom. The summed E-state index contributed by atoms with van der Waals surface area (Å²) in [7, 11) is 0. The molecule has 2 N–H and O–H groups in total. The summed E-state index contributed by atoms with van der Waals surface area (Å²) in [5, 5.41) is 21.1. The van der Waals surface area contributed by atoms with Crippen LogP contribution in [0, 0.1) is 11.3 Å². The average Bonchev–Trinajstić information content (AvgIpc) is 3.26. The summed E-state index contributed by atoms with van der Waals surface area (Å²) in [6.07, 6.45) is 5.86. The maximum Gasteiger partial charge on any atom is 0.253 e. The zero-order valence-corrected chi connectivity index (χ0v) is 18.4. The van der Waals surface area contributed by atoms with E-state index in [1.807, 2.05) is 23.9 Å². The van der Waals surface area contributed by atoms with Crippen LogP contribution in [0.1, 0.15) is 54.0 Å². The molecule has 0 atom stereocenters. The number of rotatable bonds is 7. The second-order valence-corrected chi connectivity index (χ2v) is 7.72. The van der Waals surface area contributed by atoms with Crippen LogP contribution >= 0.6 is 0 Å². The summed E-state index contributed by atoms with van der Waals surface area (Å²) in [4.78, 5) is 21.6. The number of aromatic nitrogens is 4. The lowest BCUT2D eigenvalue weighted by Crippen LogP contribution is -2.30. The van der Waals surface area contributed by atoms with E-state index in [0.29, 0.717) is 18.2 Å². The van der Waals surface area contributed by atoms with Gasteiger partial charge in [0.05, 0.1) is 22.8 Å². The van der Waals surface area contributed by atoms with E-state index in [9.17, 15) is 4.79 Å². The Morgan fingerprint density at radius 2 is 2.09 bits per heavy atom. The van der Waals surface area contributed by atoms with Crippen molar-refractivity contribution in [1.29, 1.82) is 5.26 Å². The fraction of sp³-hybridized carbons (Fsp3) is 0.435. The summed E-state index contributed by atoms with van der Waals surface area (Å²) < 4.78 is 7.41. The van der Waals surface area contributed by atoms with Gasteiger partial charge in [-0.15, -0.1) is 0 Å².